The summed E-state index contributed by atoms with van der Waals surface area (Å²) < 4.78 is 0. The van der Waals surface area contributed by atoms with Crippen LogP contribution in [0.2, 0.25) is 20.1 Å². The molecule has 0 N–H and O–H groups in total. The molecule has 4 heterocycles. The topological polar surface area (TPSA) is 79.8 Å². The molecular weight excluding hydrogens is 906 g/mol. The minimum atomic E-state index is 0. The molecule has 63 heavy (non-hydrogen) atoms. The van der Waals surface area contributed by atoms with Crippen LogP contribution in [0.4, 0.5) is 22.7 Å². The van der Waals surface area contributed by atoms with Crippen molar-refractivity contribution in [1.82, 2.24) is 19.9 Å². The molecule has 0 aliphatic carbocycles. The van der Waals surface area contributed by atoms with E-state index in [-0.39, 0.29) is 17.1 Å². The van der Waals surface area contributed by atoms with E-state index in [4.69, 9.17) is 77.0 Å². The van der Waals surface area contributed by atoms with Gasteiger partial charge in [-0.1, -0.05) is 168 Å². The number of nitrogens with zero attached hydrogens (tertiary/aromatic N) is 6. The second-order valence-electron chi connectivity index (χ2n) is 14.9. The fraction of sp³-hybridized carbons (Fsp3) is 0. The Morgan fingerprint density at radius 2 is 0.508 bits per heavy atom. The number of rotatable bonds is 4. The first-order valence-corrected chi connectivity index (χ1v) is 21.2. The molecule has 302 valence electrons. The standard InChI is InChI=1S/2C26H14Cl2N3.Fe/c2*27-17-9-21-19-7-3-1-5-15(19)13-29-25(21)23(11-17)31-24-12-18(28)10-22-20-8-4-2-6-16(20)14-30-26(22)24;/h2*1-14H;/q2*-1;+2. The van der Waals surface area contributed by atoms with Crippen molar-refractivity contribution in [3.8, 4) is 0 Å². The molecule has 0 aliphatic heterocycles. The maximum absolute atomic E-state index is 6.49. The van der Waals surface area contributed by atoms with Crippen LogP contribution in [0.15, 0.2) is 170 Å². The van der Waals surface area contributed by atoms with Gasteiger partial charge in [0.05, 0.1) is 22.1 Å². The molecule has 4 aromatic heterocycles. The van der Waals surface area contributed by atoms with Gasteiger partial charge >= 0.3 is 17.1 Å². The zero-order chi connectivity index (χ0) is 41.9. The van der Waals surface area contributed by atoms with Gasteiger partial charge in [0, 0.05) is 88.0 Å². The van der Waals surface area contributed by atoms with E-state index in [0.29, 0.717) is 42.8 Å². The molecule has 0 spiro atoms. The summed E-state index contributed by atoms with van der Waals surface area (Å²) in [5.41, 5.74) is 5.90. The number of halogens is 4. The fourth-order valence-electron chi connectivity index (χ4n) is 8.26. The van der Waals surface area contributed by atoms with Crippen molar-refractivity contribution in [2.75, 3.05) is 0 Å². The number of fused-ring (bicyclic) bond motifs is 12. The van der Waals surface area contributed by atoms with Crippen LogP contribution >= 0.6 is 46.4 Å². The molecule has 0 unspecified atom stereocenters. The average Bonchev–Trinajstić information content (AvgIpc) is 3.29. The SMILES string of the molecule is Clc1cc([N-]c2cc(Cl)cc3c2ncc2ccccc23)c2ncc3ccccc3c2c1.Clc1cc([N-]c2cc(Cl)cc3c2ncc2ccccc23)c2ncc3ccccc3c2c1.[Fe+2]. The van der Waals surface area contributed by atoms with Crippen molar-refractivity contribution in [3.05, 3.63) is 201 Å². The van der Waals surface area contributed by atoms with Crippen LogP contribution in [-0.2, 0) is 17.1 Å². The molecule has 0 amide bonds. The molecule has 0 radical (unpaired) electrons. The zero-order valence-corrected chi connectivity index (χ0v) is 36.8. The van der Waals surface area contributed by atoms with E-state index in [0.717, 1.165) is 86.7 Å². The predicted molar refractivity (Wildman–Crippen MR) is 262 cm³/mol. The summed E-state index contributed by atoms with van der Waals surface area (Å²) in [7, 11) is 0. The Hall–Kier alpha value is -6.28. The van der Waals surface area contributed by atoms with E-state index < -0.39 is 0 Å². The van der Waals surface area contributed by atoms with E-state index >= 15 is 0 Å². The maximum Gasteiger partial charge on any atom is 2.00 e. The average molecular weight is 934 g/mol. The molecule has 0 fully saturated rings. The molecule has 12 rings (SSSR count). The number of benzene rings is 8. The summed E-state index contributed by atoms with van der Waals surface area (Å²) >= 11 is 26.0. The minimum Gasteiger partial charge on any atom is -0.654 e. The molecular formula is C52H28Cl4FeN6. The molecule has 0 saturated carbocycles. The smallest absolute Gasteiger partial charge is 0.654 e. The normalized spacial score (nSPS) is 11.4. The Bertz CT molecular complexity index is 3300. The van der Waals surface area contributed by atoms with Crippen LogP contribution in [0.25, 0.3) is 97.3 Å². The van der Waals surface area contributed by atoms with Crippen LogP contribution in [0.5, 0.6) is 0 Å². The van der Waals surface area contributed by atoms with Gasteiger partial charge < -0.3 is 10.6 Å². The van der Waals surface area contributed by atoms with E-state index in [1.165, 1.54) is 0 Å². The number of hydrogen-bond donors (Lipinski definition) is 0. The van der Waals surface area contributed by atoms with Crippen molar-refractivity contribution in [1.29, 1.82) is 0 Å². The van der Waals surface area contributed by atoms with Gasteiger partial charge in [0.1, 0.15) is 0 Å². The Morgan fingerprint density at radius 1 is 0.286 bits per heavy atom. The second kappa shape index (κ2) is 16.8. The van der Waals surface area contributed by atoms with E-state index in [2.05, 4.69) is 24.3 Å². The Morgan fingerprint density at radius 3 is 0.746 bits per heavy atom. The van der Waals surface area contributed by atoms with Crippen LogP contribution < -0.4 is 0 Å². The first-order valence-electron chi connectivity index (χ1n) is 19.7. The quantitative estimate of drug-likeness (QED) is 0.130. The third kappa shape index (κ3) is 7.57. The summed E-state index contributed by atoms with van der Waals surface area (Å²) in [6.45, 7) is 0. The van der Waals surface area contributed by atoms with Crippen LogP contribution in [0, 0.1) is 0 Å². The Kier molecular flexibility index (Phi) is 10.9. The molecule has 0 atom stereocenters. The first-order chi connectivity index (χ1) is 30.3. The number of aromatic nitrogens is 4. The predicted octanol–water partition coefficient (Wildman–Crippen LogP) is 17.5. The molecule has 0 aliphatic rings. The largest absolute Gasteiger partial charge is 2.00 e. The van der Waals surface area contributed by atoms with Gasteiger partial charge in [-0.25, -0.2) is 0 Å². The van der Waals surface area contributed by atoms with E-state index in [1.807, 2.05) is 146 Å². The van der Waals surface area contributed by atoms with Crippen LogP contribution in [0.1, 0.15) is 0 Å². The molecule has 11 heteroatoms. The van der Waals surface area contributed by atoms with Crippen molar-refractivity contribution in [3.63, 3.8) is 0 Å². The van der Waals surface area contributed by atoms with E-state index in [9.17, 15) is 0 Å². The molecule has 8 aromatic carbocycles. The van der Waals surface area contributed by atoms with Crippen molar-refractivity contribution in [2.45, 2.75) is 0 Å². The van der Waals surface area contributed by atoms with E-state index in [1.54, 1.807) is 0 Å². The third-order valence-corrected chi connectivity index (χ3v) is 11.9. The van der Waals surface area contributed by atoms with Gasteiger partial charge in [-0.3, -0.25) is 19.9 Å². The second-order valence-corrected chi connectivity index (χ2v) is 16.6. The molecule has 0 saturated heterocycles. The monoisotopic (exact) mass is 932 g/mol. The summed E-state index contributed by atoms with van der Waals surface area (Å²) in [6.07, 6.45) is 7.47. The van der Waals surface area contributed by atoms with Crippen LogP contribution in [0.3, 0.4) is 0 Å². The van der Waals surface area contributed by atoms with Gasteiger partial charge in [0.25, 0.3) is 0 Å². The maximum atomic E-state index is 6.49. The molecule has 0 bridgehead atoms. The zero-order valence-electron chi connectivity index (χ0n) is 32.7. The Labute approximate surface area is 391 Å². The van der Waals surface area contributed by atoms with Crippen molar-refractivity contribution < 1.29 is 17.1 Å². The van der Waals surface area contributed by atoms with Gasteiger partial charge in [0.2, 0.25) is 0 Å². The summed E-state index contributed by atoms with van der Waals surface area (Å²) in [6, 6.07) is 47.6. The molecule has 6 nitrogen and oxygen atoms in total. The first kappa shape index (κ1) is 40.8. The van der Waals surface area contributed by atoms with Gasteiger partial charge in [-0.05, 0) is 45.8 Å². The van der Waals surface area contributed by atoms with Crippen LogP contribution in [-0.4, -0.2) is 19.9 Å². The van der Waals surface area contributed by atoms with Gasteiger partial charge in [0.15, 0.2) is 0 Å². The Balaban J connectivity index is 0.000000147. The van der Waals surface area contributed by atoms with Crippen molar-refractivity contribution in [2.24, 2.45) is 0 Å². The summed E-state index contributed by atoms with van der Waals surface area (Å²) in [4.78, 5) is 18.8. The summed E-state index contributed by atoms with van der Waals surface area (Å²) in [5, 5.41) is 24.8. The minimum absolute atomic E-state index is 0. The number of hydrogen-bond acceptors (Lipinski definition) is 4. The van der Waals surface area contributed by atoms with Gasteiger partial charge in [-0.2, -0.15) is 0 Å². The van der Waals surface area contributed by atoms with Gasteiger partial charge in [-0.15, -0.1) is 22.7 Å². The summed E-state index contributed by atoms with van der Waals surface area (Å²) in [5.74, 6) is 0. The molecule has 12 aromatic rings. The van der Waals surface area contributed by atoms with Crippen molar-refractivity contribution >= 4 is 156 Å². The number of pyridine rings is 4. The fourth-order valence-corrected chi connectivity index (χ4v) is 9.11. The third-order valence-electron chi connectivity index (χ3n) is 11.0.